The van der Waals surface area contributed by atoms with Crippen molar-refractivity contribution in [2.24, 2.45) is 21.7 Å². The first-order valence-electron chi connectivity index (χ1n) is 5.30. The van der Waals surface area contributed by atoms with Gasteiger partial charge in [0.25, 0.3) is 0 Å². The Labute approximate surface area is 107 Å². The molecule has 1 rings (SSSR count). The number of hydrogen-bond donors (Lipinski definition) is 2. The Morgan fingerprint density at radius 2 is 2.05 bits per heavy atom. The zero-order chi connectivity index (χ0) is 14.5. The van der Waals surface area contributed by atoms with Crippen LogP contribution >= 0.6 is 0 Å². The van der Waals surface area contributed by atoms with Crippen molar-refractivity contribution in [2.45, 2.75) is 13.1 Å². The van der Waals surface area contributed by atoms with Crippen LogP contribution in [0.2, 0.25) is 0 Å². The molecule has 0 saturated carbocycles. The summed E-state index contributed by atoms with van der Waals surface area (Å²) in [6.45, 7) is 1.75. The molecule has 0 aliphatic carbocycles. The number of guanidine groups is 1. The number of benzene rings is 1. The molecule has 0 spiro atoms. The largest absolute Gasteiger partial charge is 0.493 e. The molecule has 0 amide bonds. The molecule has 0 unspecified atom stereocenters. The zero-order valence-electron chi connectivity index (χ0n) is 10.1. The van der Waals surface area contributed by atoms with Gasteiger partial charge < -0.3 is 16.2 Å². The average molecular weight is 274 g/mol. The monoisotopic (exact) mass is 274 g/mol. The molecule has 8 heteroatoms. The van der Waals surface area contributed by atoms with Crippen LogP contribution in [0.1, 0.15) is 18.1 Å². The smallest absolute Gasteiger partial charge is 0.419 e. The summed E-state index contributed by atoms with van der Waals surface area (Å²) in [5.74, 6) is -0.507. The molecule has 0 aromatic heterocycles. The molecule has 0 fully saturated rings. The lowest BCUT2D eigenvalue weighted by molar-refractivity contribution is -0.138. The van der Waals surface area contributed by atoms with Gasteiger partial charge in [0.05, 0.1) is 18.4 Å². The molecule has 0 heterocycles. The van der Waals surface area contributed by atoms with Crippen LogP contribution in [0, 0.1) is 0 Å². The van der Waals surface area contributed by atoms with Gasteiger partial charge in [-0.1, -0.05) is 0 Å². The van der Waals surface area contributed by atoms with Crippen molar-refractivity contribution < 1.29 is 17.9 Å². The van der Waals surface area contributed by atoms with Crippen molar-refractivity contribution in [3.8, 4) is 5.75 Å². The first-order valence-corrected chi connectivity index (χ1v) is 5.30. The van der Waals surface area contributed by atoms with Gasteiger partial charge in [0.15, 0.2) is 0 Å². The molecule has 0 bridgehead atoms. The van der Waals surface area contributed by atoms with E-state index in [1.54, 1.807) is 6.92 Å². The maximum absolute atomic E-state index is 12.8. The van der Waals surface area contributed by atoms with Crippen LogP contribution in [0.15, 0.2) is 28.4 Å². The molecule has 0 saturated heterocycles. The third-order valence-corrected chi connectivity index (χ3v) is 1.99. The Kier molecular flexibility index (Phi) is 4.74. The summed E-state index contributed by atoms with van der Waals surface area (Å²) in [6.07, 6.45) is -3.39. The first kappa shape index (κ1) is 14.8. The molecule has 4 N–H and O–H groups in total. The Morgan fingerprint density at radius 1 is 1.37 bits per heavy atom. The lowest BCUT2D eigenvalue weighted by Gasteiger charge is -2.13. The summed E-state index contributed by atoms with van der Waals surface area (Å²) in [6, 6.07) is 3.56. The van der Waals surface area contributed by atoms with E-state index >= 15 is 0 Å². The van der Waals surface area contributed by atoms with E-state index in [1.807, 2.05) is 0 Å². The second-order valence-corrected chi connectivity index (χ2v) is 3.46. The zero-order valence-corrected chi connectivity index (χ0v) is 10.1. The first-order chi connectivity index (χ1) is 8.84. The van der Waals surface area contributed by atoms with Crippen LogP contribution in [0.3, 0.4) is 0 Å². The SMILES string of the molecule is CCOc1ccc(C=NN=C(N)N)cc1C(F)(F)F. The summed E-state index contributed by atoms with van der Waals surface area (Å²) in [5.41, 5.74) is 9.40. The molecule has 0 atom stereocenters. The highest BCUT2D eigenvalue weighted by atomic mass is 19.4. The number of rotatable bonds is 4. The number of alkyl halides is 3. The Morgan fingerprint density at radius 3 is 2.58 bits per heavy atom. The standard InChI is InChI=1S/C11H13F3N4O/c1-2-19-9-4-3-7(6-17-18-10(15)16)5-8(9)11(12,13)14/h3-6H,2H2,1H3,(H4,15,16,18). The van der Waals surface area contributed by atoms with Crippen molar-refractivity contribution in [3.63, 3.8) is 0 Å². The highest BCUT2D eigenvalue weighted by molar-refractivity contribution is 5.82. The highest BCUT2D eigenvalue weighted by Gasteiger charge is 2.34. The summed E-state index contributed by atoms with van der Waals surface area (Å²) >= 11 is 0. The summed E-state index contributed by atoms with van der Waals surface area (Å²) in [7, 11) is 0. The Hall–Kier alpha value is -2.25. The molecule has 0 aliphatic heterocycles. The van der Waals surface area contributed by atoms with E-state index in [-0.39, 0.29) is 23.9 Å². The van der Waals surface area contributed by atoms with Gasteiger partial charge in [0, 0.05) is 0 Å². The van der Waals surface area contributed by atoms with E-state index in [4.69, 9.17) is 16.2 Å². The van der Waals surface area contributed by atoms with Crippen LogP contribution in [-0.2, 0) is 6.18 Å². The van der Waals surface area contributed by atoms with Crippen LogP contribution in [0.5, 0.6) is 5.75 Å². The van der Waals surface area contributed by atoms with Gasteiger partial charge in [0.1, 0.15) is 5.75 Å². The Balaban J connectivity index is 3.11. The van der Waals surface area contributed by atoms with Gasteiger partial charge in [-0.05, 0) is 30.7 Å². The molecular weight excluding hydrogens is 261 g/mol. The molecular formula is C11H13F3N4O. The third kappa shape index (κ3) is 4.49. The Bertz CT molecular complexity index is 493. The number of ether oxygens (including phenoxy) is 1. The fraction of sp³-hybridized carbons (Fsp3) is 0.273. The molecule has 0 aliphatic rings. The molecule has 1 aromatic rings. The van der Waals surface area contributed by atoms with Crippen LogP contribution in [0.4, 0.5) is 13.2 Å². The second-order valence-electron chi connectivity index (χ2n) is 3.46. The molecule has 5 nitrogen and oxygen atoms in total. The minimum atomic E-state index is -4.51. The number of halogens is 3. The maximum atomic E-state index is 12.8. The highest BCUT2D eigenvalue weighted by Crippen LogP contribution is 2.36. The van der Waals surface area contributed by atoms with Gasteiger partial charge in [-0.3, -0.25) is 0 Å². The van der Waals surface area contributed by atoms with Gasteiger partial charge in [-0.15, -0.1) is 5.10 Å². The van der Waals surface area contributed by atoms with E-state index in [0.717, 1.165) is 12.3 Å². The third-order valence-electron chi connectivity index (χ3n) is 1.99. The average Bonchev–Trinajstić information content (AvgIpc) is 2.29. The normalized spacial score (nSPS) is 11.6. The topological polar surface area (TPSA) is 86.0 Å². The van der Waals surface area contributed by atoms with Gasteiger partial charge in [-0.25, -0.2) is 0 Å². The van der Waals surface area contributed by atoms with Crippen molar-refractivity contribution in [3.05, 3.63) is 29.3 Å². The van der Waals surface area contributed by atoms with Gasteiger partial charge in [-0.2, -0.15) is 18.3 Å². The van der Waals surface area contributed by atoms with E-state index in [9.17, 15) is 13.2 Å². The lowest BCUT2D eigenvalue weighted by Crippen LogP contribution is -2.21. The predicted molar refractivity (Wildman–Crippen MR) is 66.0 cm³/mol. The molecule has 104 valence electrons. The summed E-state index contributed by atoms with van der Waals surface area (Å²) in [4.78, 5) is 0. The van der Waals surface area contributed by atoms with Crippen LogP contribution in [0.25, 0.3) is 0 Å². The maximum Gasteiger partial charge on any atom is 0.419 e. The quantitative estimate of drug-likeness (QED) is 0.498. The summed E-state index contributed by atoms with van der Waals surface area (Å²) < 4.78 is 43.4. The fourth-order valence-electron chi connectivity index (χ4n) is 1.29. The number of hydrogen-bond acceptors (Lipinski definition) is 3. The van der Waals surface area contributed by atoms with Crippen molar-refractivity contribution >= 4 is 12.2 Å². The second kappa shape index (κ2) is 6.07. The van der Waals surface area contributed by atoms with Crippen molar-refractivity contribution in [2.75, 3.05) is 6.61 Å². The van der Waals surface area contributed by atoms with E-state index in [2.05, 4.69) is 10.2 Å². The molecule has 1 aromatic carbocycles. The number of nitrogens with two attached hydrogens (primary N) is 2. The van der Waals surface area contributed by atoms with Gasteiger partial charge >= 0.3 is 6.18 Å². The predicted octanol–water partition coefficient (Wildman–Crippen LogP) is 1.71. The van der Waals surface area contributed by atoms with E-state index in [1.165, 1.54) is 12.1 Å². The fourth-order valence-corrected chi connectivity index (χ4v) is 1.29. The minimum absolute atomic E-state index is 0.143. The number of nitrogens with zero attached hydrogens (tertiary/aromatic N) is 2. The van der Waals surface area contributed by atoms with Crippen LogP contribution in [-0.4, -0.2) is 18.8 Å². The lowest BCUT2D eigenvalue weighted by atomic mass is 10.1. The van der Waals surface area contributed by atoms with Crippen molar-refractivity contribution in [1.82, 2.24) is 0 Å². The van der Waals surface area contributed by atoms with Crippen LogP contribution < -0.4 is 16.2 Å². The van der Waals surface area contributed by atoms with E-state index in [0.29, 0.717) is 0 Å². The van der Waals surface area contributed by atoms with Gasteiger partial charge in [0.2, 0.25) is 5.96 Å². The minimum Gasteiger partial charge on any atom is -0.493 e. The summed E-state index contributed by atoms with van der Waals surface area (Å²) in [5, 5.41) is 6.74. The van der Waals surface area contributed by atoms with Crippen molar-refractivity contribution in [1.29, 1.82) is 0 Å². The van der Waals surface area contributed by atoms with E-state index < -0.39 is 11.7 Å². The molecule has 0 radical (unpaired) electrons. The molecule has 19 heavy (non-hydrogen) atoms.